The van der Waals surface area contributed by atoms with Gasteiger partial charge in [-0.05, 0) is 42.0 Å². The van der Waals surface area contributed by atoms with Gasteiger partial charge in [0, 0.05) is 18.3 Å². The van der Waals surface area contributed by atoms with Crippen LogP contribution in [0.25, 0.3) is 0 Å². The molecule has 0 fully saturated rings. The highest BCUT2D eigenvalue weighted by Gasteiger charge is 2.10. The molecule has 2 aromatic carbocycles. The van der Waals surface area contributed by atoms with Crippen molar-refractivity contribution in [3.8, 4) is 17.2 Å². The summed E-state index contributed by atoms with van der Waals surface area (Å²) in [4.78, 5) is 20.7. The first-order valence-electron chi connectivity index (χ1n) is 8.85. The number of hydrogen-bond acceptors (Lipinski definition) is 7. The van der Waals surface area contributed by atoms with Crippen LogP contribution >= 0.6 is 0 Å². The molecule has 2 N–H and O–H groups in total. The number of rotatable bonds is 8. The number of nitrogens with zero attached hydrogens (tertiary/aromatic N) is 2. The molecule has 3 rings (SSSR count). The molecule has 0 aliphatic heterocycles. The Bertz CT molecular complexity index is 977. The molecule has 0 spiro atoms. The zero-order valence-corrected chi connectivity index (χ0v) is 16.4. The third kappa shape index (κ3) is 5.13. The lowest BCUT2D eigenvalue weighted by Gasteiger charge is -2.11. The van der Waals surface area contributed by atoms with E-state index in [0.717, 1.165) is 17.0 Å². The number of ether oxygens (including phenoxy) is 3. The first-order valence-corrected chi connectivity index (χ1v) is 8.85. The maximum absolute atomic E-state index is 12.5. The molecule has 0 bridgehead atoms. The first-order chi connectivity index (χ1) is 14.1. The fourth-order valence-electron chi connectivity index (χ4n) is 2.64. The van der Waals surface area contributed by atoms with E-state index in [1.165, 1.54) is 6.33 Å². The normalized spacial score (nSPS) is 10.2. The van der Waals surface area contributed by atoms with E-state index in [0.29, 0.717) is 23.9 Å². The molecule has 0 unspecified atom stereocenters. The fraction of sp³-hybridized carbons (Fsp3) is 0.190. The maximum atomic E-state index is 12.5. The number of benzene rings is 2. The van der Waals surface area contributed by atoms with Gasteiger partial charge in [-0.25, -0.2) is 9.97 Å². The highest BCUT2D eigenvalue weighted by atomic mass is 16.5. The highest BCUT2D eigenvalue weighted by molar-refractivity contribution is 5.92. The molecule has 1 heterocycles. The van der Waals surface area contributed by atoms with E-state index in [2.05, 4.69) is 20.6 Å². The van der Waals surface area contributed by atoms with Crippen molar-refractivity contribution in [1.29, 1.82) is 0 Å². The molecule has 0 aliphatic carbocycles. The number of nitrogens with one attached hydrogen (secondary N) is 2. The molecule has 0 saturated heterocycles. The number of carbonyl (C=O) groups is 1. The number of amides is 1. The SMILES string of the molecule is COc1ccc(Nc2cc(C(=O)NCc3ccc(OC)c(OC)c3)ncn2)cc1. The molecule has 8 nitrogen and oxygen atoms in total. The monoisotopic (exact) mass is 394 g/mol. The summed E-state index contributed by atoms with van der Waals surface area (Å²) in [6.07, 6.45) is 1.34. The van der Waals surface area contributed by atoms with E-state index in [9.17, 15) is 4.79 Å². The molecule has 1 aromatic heterocycles. The second kappa shape index (κ2) is 9.41. The van der Waals surface area contributed by atoms with Gasteiger partial charge in [0.2, 0.25) is 0 Å². The number of anilines is 2. The van der Waals surface area contributed by atoms with Crippen molar-refractivity contribution in [2.24, 2.45) is 0 Å². The third-order valence-corrected chi connectivity index (χ3v) is 4.16. The van der Waals surface area contributed by atoms with Gasteiger partial charge in [-0.2, -0.15) is 0 Å². The van der Waals surface area contributed by atoms with Crippen LogP contribution in [-0.4, -0.2) is 37.2 Å². The Morgan fingerprint density at radius 2 is 1.66 bits per heavy atom. The number of aromatic nitrogens is 2. The second-order valence-electron chi connectivity index (χ2n) is 6.01. The van der Waals surface area contributed by atoms with Gasteiger partial charge in [-0.1, -0.05) is 6.07 Å². The van der Waals surface area contributed by atoms with Crippen molar-refractivity contribution in [3.63, 3.8) is 0 Å². The Labute approximate surface area is 168 Å². The lowest BCUT2D eigenvalue weighted by atomic mass is 10.2. The molecule has 0 atom stereocenters. The minimum absolute atomic E-state index is 0.261. The third-order valence-electron chi connectivity index (χ3n) is 4.16. The molecule has 3 aromatic rings. The van der Waals surface area contributed by atoms with Crippen molar-refractivity contribution in [2.45, 2.75) is 6.54 Å². The van der Waals surface area contributed by atoms with Crippen LogP contribution < -0.4 is 24.8 Å². The number of methoxy groups -OCH3 is 3. The minimum atomic E-state index is -0.306. The van der Waals surface area contributed by atoms with Crippen molar-refractivity contribution in [3.05, 3.63) is 66.1 Å². The summed E-state index contributed by atoms with van der Waals surface area (Å²) in [7, 11) is 4.75. The largest absolute Gasteiger partial charge is 0.497 e. The molecular weight excluding hydrogens is 372 g/mol. The fourth-order valence-corrected chi connectivity index (χ4v) is 2.64. The minimum Gasteiger partial charge on any atom is -0.497 e. The Kier molecular flexibility index (Phi) is 6.47. The first kappa shape index (κ1) is 19.9. The van der Waals surface area contributed by atoms with Crippen LogP contribution in [0.2, 0.25) is 0 Å². The summed E-state index contributed by atoms with van der Waals surface area (Å²) >= 11 is 0. The van der Waals surface area contributed by atoms with Crippen LogP contribution in [-0.2, 0) is 6.54 Å². The van der Waals surface area contributed by atoms with Crippen molar-refractivity contribution in [2.75, 3.05) is 26.6 Å². The zero-order valence-electron chi connectivity index (χ0n) is 16.4. The summed E-state index contributed by atoms with van der Waals surface area (Å²) in [5.41, 5.74) is 1.96. The summed E-state index contributed by atoms with van der Waals surface area (Å²) in [5.74, 6) is 2.20. The van der Waals surface area contributed by atoms with Gasteiger partial charge in [0.1, 0.15) is 23.6 Å². The van der Waals surface area contributed by atoms with E-state index >= 15 is 0 Å². The van der Waals surface area contributed by atoms with Gasteiger partial charge >= 0.3 is 0 Å². The predicted octanol–water partition coefficient (Wildman–Crippen LogP) is 3.18. The second-order valence-corrected chi connectivity index (χ2v) is 6.01. The molecule has 0 saturated carbocycles. The molecule has 1 amide bonds. The summed E-state index contributed by atoms with van der Waals surface area (Å²) in [6, 6.07) is 14.4. The smallest absolute Gasteiger partial charge is 0.270 e. The van der Waals surface area contributed by atoms with Crippen molar-refractivity contribution >= 4 is 17.4 Å². The Morgan fingerprint density at radius 3 is 2.34 bits per heavy atom. The van der Waals surface area contributed by atoms with Gasteiger partial charge in [0.05, 0.1) is 21.3 Å². The lowest BCUT2D eigenvalue weighted by molar-refractivity contribution is 0.0945. The van der Waals surface area contributed by atoms with E-state index < -0.39 is 0 Å². The highest BCUT2D eigenvalue weighted by Crippen LogP contribution is 2.27. The maximum Gasteiger partial charge on any atom is 0.270 e. The molecule has 0 radical (unpaired) electrons. The average molecular weight is 394 g/mol. The van der Waals surface area contributed by atoms with Crippen molar-refractivity contribution in [1.82, 2.24) is 15.3 Å². The Hall–Kier alpha value is -3.81. The quantitative estimate of drug-likeness (QED) is 0.606. The lowest BCUT2D eigenvalue weighted by Crippen LogP contribution is -2.24. The predicted molar refractivity (Wildman–Crippen MR) is 109 cm³/mol. The van der Waals surface area contributed by atoms with Crippen LogP contribution in [0, 0.1) is 0 Å². The van der Waals surface area contributed by atoms with Crippen LogP contribution in [0.3, 0.4) is 0 Å². The molecule has 8 heteroatoms. The van der Waals surface area contributed by atoms with Crippen LogP contribution in [0.1, 0.15) is 16.1 Å². The van der Waals surface area contributed by atoms with Crippen LogP contribution in [0.4, 0.5) is 11.5 Å². The average Bonchev–Trinajstić information content (AvgIpc) is 2.78. The van der Waals surface area contributed by atoms with Crippen LogP contribution in [0.15, 0.2) is 54.9 Å². The summed E-state index contributed by atoms with van der Waals surface area (Å²) in [6.45, 7) is 0.324. The Balaban J connectivity index is 1.64. The van der Waals surface area contributed by atoms with E-state index in [1.807, 2.05) is 36.4 Å². The molecular formula is C21H22N4O4. The zero-order chi connectivity index (χ0) is 20.6. The topological polar surface area (TPSA) is 94.6 Å². The van der Waals surface area contributed by atoms with Gasteiger partial charge in [-0.3, -0.25) is 4.79 Å². The molecule has 150 valence electrons. The van der Waals surface area contributed by atoms with Gasteiger partial charge in [0.15, 0.2) is 11.5 Å². The Morgan fingerprint density at radius 1 is 0.897 bits per heavy atom. The summed E-state index contributed by atoms with van der Waals surface area (Å²) in [5, 5.41) is 5.98. The van der Waals surface area contributed by atoms with Crippen LogP contribution in [0.5, 0.6) is 17.2 Å². The van der Waals surface area contributed by atoms with Crippen molar-refractivity contribution < 1.29 is 19.0 Å². The van der Waals surface area contributed by atoms with E-state index in [-0.39, 0.29) is 11.6 Å². The standard InChI is InChI=1S/C21H22N4O4/c1-27-16-7-5-15(6-8-16)25-20-11-17(23-13-24-20)21(26)22-12-14-4-9-18(28-2)19(10-14)29-3/h4-11,13H,12H2,1-3H3,(H,22,26)(H,23,24,25). The van der Waals surface area contributed by atoms with E-state index in [4.69, 9.17) is 14.2 Å². The number of carbonyl (C=O) groups excluding carboxylic acids is 1. The molecule has 0 aliphatic rings. The van der Waals surface area contributed by atoms with E-state index in [1.54, 1.807) is 33.5 Å². The summed E-state index contributed by atoms with van der Waals surface area (Å²) < 4.78 is 15.6. The van der Waals surface area contributed by atoms with Gasteiger partial charge in [-0.15, -0.1) is 0 Å². The van der Waals surface area contributed by atoms with Gasteiger partial charge in [0.25, 0.3) is 5.91 Å². The molecule has 29 heavy (non-hydrogen) atoms. The van der Waals surface area contributed by atoms with Gasteiger partial charge < -0.3 is 24.8 Å². The number of hydrogen-bond donors (Lipinski definition) is 2.